The minimum Gasteiger partial charge on any atom is -0.357 e. The maximum Gasteiger partial charge on any atom is 0.204 e. The van der Waals surface area contributed by atoms with Crippen molar-refractivity contribution < 1.29 is 0 Å². The molecule has 0 fully saturated rings. The number of para-hydroxylation sites is 1. The van der Waals surface area contributed by atoms with Crippen molar-refractivity contribution in [3.63, 3.8) is 0 Å². The Labute approximate surface area is 154 Å². The largest absolute Gasteiger partial charge is 0.357 e. The van der Waals surface area contributed by atoms with E-state index in [0.29, 0.717) is 13.2 Å². The number of nitrogens with one attached hydrogen (secondary N) is 1. The van der Waals surface area contributed by atoms with Gasteiger partial charge in [-0.1, -0.05) is 29.5 Å². The zero-order chi connectivity index (χ0) is 17.1. The van der Waals surface area contributed by atoms with Crippen molar-refractivity contribution in [3.05, 3.63) is 45.9 Å². The van der Waals surface area contributed by atoms with Crippen molar-refractivity contribution in [2.75, 3.05) is 18.9 Å². The molecule has 0 radical (unpaired) electrons. The lowest BCUT2D eigenvalue weighted by molar-refractivity contribution is 0.195. The highest BCUT2D eigenvalue weighted by Crippen LogP contribution is 2.29. The van der Waals surface area contributed by atoms with Gasteiger partial charge < -0.3 is 5.32 Å². The van der Waals surface area contributed by atoms with Crippen LogP contribution in [0.5, 0.6) is 0 Å². The smallest absolute Gasteiger partial charge is 0.204 e. The predicted molar refractivity (Wildman–Crippen MR) is 105 cm³/mol. The minimum atomic E-state index is 0.190. The average Bonchev–Trinajstić information content (AvgIpc) is 3.16. The molecule has 8 heteroatoms. The van der Waals surface area contributed by atoms with E-state index in [1.54, 1.807) is 17.4 Å². The molecule has 0 aliphatic rings. The first-order valence-electron chi connectivity index (χ1n) is 7.57. The van der Waals surface area contributed by atoms with Crippen LogP contribution in [0.1, 0.15) is 18.0 Å². The normalized spacial score (nSPS) is 12.6. The van der Waals surface area contributed by atoms with Gasteiger partial charge in [0.1, 0.15) is 5.01 Å². The third-order valence-corrected chi connectivity index (χ3v) is 6.16. The zero-order valence-electron chi connectivity index (χ0n) is 13.6. The lowest BCUT2D eigenvalue weighted by Gasteiger charge is -2.22. The van der Waals surface area contributed by atoms with E-state index in [0.717, 1.165) is 19.6 Å². The highest BCUT2D eigenvalue weighted by Gasteiger charge is 2.17. The van der Waals surface area contributed by atoms with Crippen molar-refractivity contribution in [2.24, 2.45) is 0 Å². The number of rotatable bonds is 7. The highest BCUT2D eigenvalue weighted by molar-refractivity contribution is 7.73. The summed E-state index contributed by atoms with van der Waals surface area (Å²) in [7, 11) is 2.06. The fourth-order valence-electron chi connectivity index (χ4n) is 2.22. The molecule has 0 spiro atoms. The number of anilines is 1. The second kappa shape index (κ2) is 7.52. The van der Waals surface area contributed by atoms with Gasteiger partial charge in [-0.05, 0) is 38.3 Å². The number of benzene rings is 1. The molecular weight excluding hydrogens is 358 g/mol. The van der Waals surface area contributed by atoms with Crippen LogP contribution in [0, 0.1) is 3.95 Å². The van der Waals surface area contributed by atoms with Crippen molar-refractivity contribution in [1.82, 2.24) is 19.7 Å². The molecule has 0 saturated carbocycles. The van der Waals surface area contributed by atoms with Crippen molar-refractivity contribution in [1.29, 1.82) is 0 Å². The fourth-order valence-corrected chi connectivity index (χ4v) is 4.30. The van der Waals surface area contributed by atoms with Crippen molar-refractivity contribution >= 4 is 50.2 Å². The third kappa shape index (κ3) is 3.72. The molecule has 0 saturated heterocycles. The summed E-state index contributed by atoms with van der Waals surface area (Å²) in [5, 5.41) is 9.62. The van der Waals surface area contributed by atoms with E-state index in [4.69, 9.17) is 17.2 Å². The van der Waals surface area contributed by atoms with Gasteiger partial charge >= 0.3 is 0 Å². The van der Waals surface area contributed by atoms with Crippen LogP contribution in [-0.4, -0.2) is 33.3 Å². The van der Waals surface area contributed by atoms with Gasteiger partial charge in [-0.15, -0.1) is 23.0 Å². The molecule has 1 aromatic carbocycles. The number of hydrogen-bond donors (Lipinski definition) is 1. The lowest BCUT2D eigenvalue weighted by atomic mass is 10.3. The minimum absolute atomic E-state index is 0.190. The van der Waals surface area contributed by atoms with Crippen molar-refractivity contribution in [3.8, 4) is 0 Å². The van der Waals surface area contributed by atoms with E-state index in [1.807, 2.05) is 16.8 Å². The van der Waals surface area contributed by atoms with Gasteiger partial charge in [-0.25, -0.2) is 9.67 Å². The molecule has 0 aliphatic carbocycles. The van der Waals surface area contributed by atoms with Crippen LogP contribution in [0.3, 0.4) is 0 Å². The first kappa shape index (κ1) is 17.2. The average molecular weight is 378 g/mol. The second-order valence-electron chi connectivity index (χ2n) is 5.44. The van der Waals surface area contributed by atoms with E-state index in [9.17, 15) is 0 Å². The molecule has 5 nitrogen and oxygen atoms in total. The molecule has 2 aromatic heterocycles. The number of nitrogens with zero attached hydrogens (tertiary/aromatic N) is 4. The van der Waals surface area contributed by atoms with Gasteiger partial charge in [-0.3, -0.25) is 4.90 Å². The molecular formula is C16H19N5S3. The number of thiazole rings is 1. The summed E-state index contributed by atoms with van der Waals surface area (Å²) >= 11 is 8.62. The molecule has 0 amide bonds. The Bertz CT molecular complexity index is 861. The summed E-state index contributed by atoms with van der Waals surface area (Å²) in [5.41, 5.74) is 1.05. The molecule has 0 unspecified atom stereocenters. The molecule has 0 aliphatic heterocycles. The van der Waals surface area contributed by atoms with Gasteiger partial charge in [0.25, 0.3) is 0 Å². The molecule has 24 heavy (non-hydrogen) atoms. The Morgan fingerprint density at radius 2 is 2.21 bits per heavy atom. The van der Waals surface area contributed by atoms with Gasteiger partial charge in [0, 0.05) is 6.54 Å². The Balaban J connectivity index is 1.74. The van der Waals surface area contributed by atoms with Gasteiger partial charge in [0.05, 0.1) is 22.9 Å². The summed E-state index contributed by atoms with van der Waals surface area (Å²) < 4.78 is 3.81. The molecule has 2 heterocycles. The number of aromatic nitrogens is 3. The summed E-state index contributed by atoms with van der Waals surface area (Å²) in [6.45, 7) is 7.16. The van der Waals surface area contributed by atoms with Crippen LogP contribution in [-0.2, 0) is 6.67 Å². The summed E-state index contributed by atoms with van der Waals surface area (Å²) in [6.07, 6.45) is 1.80. The molecule has 0 bridgehead atoms. The Kier molecular flexibility index (Phi) is 5.40. The Hall–Kier alpha value is -1.61. The molecule has 1 N–H and O–H groups in total. The van der Waals surface area contributed by atoms with Crippen LogP contribution in [0.4, 0.5) is 5.13 Å². The van der Waals surface area contributed by atoms with Crippen LogP contribution >= 0.6 is 34.9 Å². The molecule has 3 rings (SSSR count). The first-order valence-corrected chi connectivity index (χ1v) is 9.61. The topological polar surface area (TPSA) is 46.0 Å². The molecule has 1 atom stereocenters. The number of fused-ring (bicyclic) bond motifs is 1. The second-order valence-corrected chi connectivity index (χ2v) is 8.12. The molecule has 126 valence electrons. The van der Waals surface area contributed by atoms with Crippen LogP contribution < -0.4 is 5.32 Å². The number of hydrogen-bond acceptors (Lipinski definition) is 7. The van der Waals surface area contributed by atoms with E-state index in [-0.39, 0.29) is 6.04 Å². The Morgan fingerprint density at radius 1 is 1.42 bits per heavy atom. The van der Waals surface area contributed by atoms with Gasteiger partial charge in [0.2, 0.25) is 5.13 Å². The lowest BCUT2D eigenvalue weighted by Crippen LogP contribution is -2.26. The summed E-state index contributed by atoms with van der Waals surface area (Å²) in [6, 6.07) is 8.42. The van der Waals surface area contributed by atoms with Gasteiger partial charge in [0.15, 0.2) is 3.95 Å². The summed E-state index contributed by atoms with van der Waals surface area (Å²) in [4.78, 5) is 6.94. The van der Waals surface area contributed by atoms with Crippen LogP contribution in [0.15, 0.2) is 36.9 Å². The Morgan fingerprint density at radius 3 is 2.96 bits per heavy atom. The summed E-state index contributed by atoms with van der Waals surface area (Å²) in [5.74, 6) is 0. The zero-order valence-corrected chi connectivity index (χ0v) is 16.0. The monoisotopic (exact) mass is 377 g/mol. The maximum atomic E-state index is 5.41. The standard InChI is InChI=1S/C16H19N5S3/c1-4-9-17-15-19-21(16(22)24-15)10-20(3)11(2)14-18-12-7-5-6-8-13(12)23-14/h4-8,11H,1,9-10H2,2-3H3,(H,17,19)/t11-/m1/s1. The first-order chi connectivity index (χ1) is 11.6. The van der Waals surface area contributed by atoms with E-state index in [2.05, 4.69) is 48.0 Å². The van der Waals surface area contributed by atoms with Crippen LogP contribution in [0.25, 0.3) is 10.2 Å². The SMILES string of the molecule is C=CCNc1nn(CN(C)[C@H](C)c2nc3ccccc3s2)c(=S)s1. The van der Waals surface area contributed by atoms with Gasteiger partial charge in [-0.2, -0.15) is 0 Å². The van der Waals surface area contributed by atoms with E-state index < -0.39 is 0 Å². The van der Waals surface area contributed by atoms with Crippen LogP contribution in [0.2, 0.25) is 0 Å². The van der Waals surface area contributed by atoms with Crippen molar-refractivity contribution in [2.45, 2.75) is 19.6 Å². The predicted octanol–water partition coefficient (Wildman–Crippen LogP) is 4.53. The van der Waals surface area contributed by atoms with E-state index >= 15 is 0 Å². The highest BCUT2D eigenvalue weighted by atomic mass is 32.1. The van der Waals surface area contributed by atoms with E-state index in [1.165, 1.54) is 16.0 Å². The quantitative estimate of drug-likeness (QED) is 0.484. The molecule has 3 aromatic rings. The maximum absolute atomic E-state index is 5.41. The fraction of sp³-hybridized carbons (Fsp3) is 0.312. The third-order valence-electron chi connectivity index (χ3n) is 3.69.